The molecule has 0 saturated carbocycles. The minimum Gasteiger partial charge on any atom is -0.351 e. The number of nitrogens with one attached hydrogen (secondary N) is 1. The van der Waals surface area contributed by atoms with Gasteiger partial charge in [0.1, 0.15) is 0 Å². The molecule has 0 spiro atoms. The molecular formula is C20H19ClN2O3S. The van der Waals surface area contributed by atoms with E-state index in [9.17, 15) is 13.2 Å². The molecule has 7 heteroatoms. The average Bonchev–Trinajstić information content (AvgIpc) is 2.67. The Kier molecular flexibility index (Phi) is 5.79. The minimum atomic E-state index is -3.76. The molecule has 1 amide bonds. The van der Waals surface area contributed by atoms with Crippen molar-refractivity contribution in [2.24, 2.45) is 0 Å². The van der Waals surface area contributed by atoms with Crippen LogP contribution < -0.4 is 5.32 Å². The summed E-state index contributed by atoms with van der Waals surface area (Å²) in [6, 6.07) is 19.5. The van der Waals surface area contributed by atoms with Gasteiger partial charge in [0.15, 0.2) is 0 Å². The SMILES string of the molecule is CN(CC(=O)NCc1ccc(Cl)cc1)S(=O)(=O)c1ccc2ccccc2c1. The van der Waals surface area contributed by atoms with Gasteiger partial charge in [0, 0.05) is 18.6 Å². The van der Waals surface area contributed by atoms with Crippen molar-refractivity contribution in [3.8, 4) is 0 Å². The van der Waals surface area contributed by atoms with Crippen molar-refractivity contribution in [3.63, 3.8) is 0 Å². The molecule has 5 nitrogen and oxygen atoms in total. The van der Waals surface area contributed by atoms with Gasteiger partial charge in [-0.1, -0.05) is 54.1 Å². The van der Waals surface area contributed by atoms with Crippen molar-refractivity contribution in [1.82, 2.24) is 9.62 Å². The lowest BCUT2D eigenvalue weighted by Crippen LogP contribution is -2.38. The van der Waals surface area contributed by atoms with Gasteiger partial charge in [0.25, 0.3) is 0 Å². The summed E-state index contributed by atoms with van der Waals surface area (Å²) in [4.78, 5) is 12.3. The van der Waals surface area contributed by atoms with E-state index in [0.717, 1.165) is 20.6 Å². The zero-order valence-corrected chi connectivity index (χ0v) is 16.3. The van der Waals surface area contributed by atoms with E-state index in [-0.39, 0.29) is 17.3 Å². The molecule has 0 radical (unpaired) electrons. The molecule has 140 valence electrons. The zero-order valence-electron chi connectivity index (χ0n) is 14.7. The molecule has 0 bridgehead atoms. The molecule has 27 heavy (non-hydrogen) atoms. The Morgan fingerprint density at radius 2 is 1.67 bits per heavy atom. The maximum Gasteiger partial charge on any atom is 0.243 e. The highest BCUT2D eigenvalue weighted by Crippen LogP contribution is 2.21. The first kappa shape index (κ1) is 19.4. The maximum atomic E-state index is 12.8. The van der Waals surface area contributed by atoms with Crippen molar-refractivity contribution in [1.29, 1.82) is 0 Å². The van der Waals surface area contributed by atoms with Gasteiger partial charge >= 0.3 is 0 Å². The van der Waals surface area contributed by atoms with Crippen molar-refractivity contribution < 1.29 is 13.2 Å². The Bertz CT molecular complexity index is 1070. The standard InChI is InChI=1S/C20H19ClN2O3S/c1-23(14-20(24)22-13-15-6-9-18(21)10-7-15)27(25,26)19-11-8-16-4-2-3-5-17(16)12-19/h2-12H,13-14H2,1H3,(H,22,24). The van der Waals surface area contributed by atoms with E-state index in [1.165, 1.54) is 7.05 Å². The van der Waals surface area contributed by atoms with E-state index in [1.807, 2.05) is 24.3 Å². The molecule has 3 aromatic carbocycles. The lowest BCUT2D eigenvalue weighted by atomic mass is 10.1. The number of carbonyl (C=O) groups excluding carboxylic acids is 1. The topological polar surface area (TPSA) is 66.5 Å². The molecule has 0 atom stereocenters. The lowest BCUT2D eigenvalue weighted by Gasteiger charge is -2.17. The second-order valence-corrected chi connectivity index (χ2v) is 8.65. The van der Waals surface area contributed by atoms with Crippen LogP contribution in [0.5, 0.6) is 0 Å². The third-order valence-corrected chi connectivity index (χ3v) is 6.25. The van der Waals surface area contributed by atoms with Crippen molar-refractivity contribution in [3.05, 3.63) is 77.3 Å². The molecular weight excluding hydrogens is 384 g/mol. The number of nitrogens with zero attached hydrogens (tertiary/aromatic N) is 1. The Labute approximate surface area is 163 Å². The van der Waals surface area contributed by atoms with Crippen LogP contribution in [0.4, 0.5) is 0 Å². The molecule has 0 aliphatic heterocycles. The predicted octanol–water partition coefficient (Wildman–Crippen LogP) is 3.43. The number of hydrogen-bond acceptors (Lipinski definition) is 3. The molecule has 0 unspecified atom stereocenters. The van der Waals surface area contributed by atoms with Crippen LogP contribution in [0.3, 0.4) is 0 Å². The van der Waals surface area contributed by atoms with Gasteiger partial charge in [0.05, 0.1) is 11.4 Å². The first-order valence-electron chi connectivity index (χ1n) is 8.32. The first-order chi connectivity index (χ1) is 12.9. The zero-order chi connectivity index (χ0) is 19.4. The summed E-state index contributed by atoms with van der Waals surface area (Å²) < 4.78 is 26.6. The van der Waals surface area contributed by atoms with Gasteiger partial charge in [-0.3, -0.25) is 4.79 Å². The Morgan fingerprint density at radius 3 is 2.37 bits per heavy atom. The van der Waals surface area contributed by atoms with Crippen LogP contribution in [0.2, 0.25) is 5.02 Å². The number of amides is 1. The van der Waals surface area contributed by atoms with E-state index in [0.29, 0.717) is 11.6 Å². The van der Waals surface area contributed by atoms with E-state index in [1.54, 1.807) is 42.5 Å². The summed E-state index contributed by atoms with van der Waals surface area (Å²) in [5.41, 5.74) is 0.882. The van der Waals surface area contributed by atoms with Crippen LogP contribution in [0.25, 0.3) is 10.8 Å². The molecule has 1 N–H and O–H groups in total. The van der Waals surface area contributed by atoms with Gasteiger partial charge in [-0.2, -0.15) is 4.31 Å². The van der Waals surface area contributed by atoms with Crippen molar-refractivity contribution >= 4 is 38.3 Å². The number of benzene rings is 3. The third-order valence-electron chi connectivity index (χ3n) is 4.20. The molecule has 0 aliphatic carbocycles. The fourth-order valence-corrected chi connectivity index (χ4v) is 3.94. The summed E-state index contributed by atoms with van der Waals surface area (Å²) in [6.45, 7) is 0.0443. The summed E-state index contributed by atoms with van der Waals surface area (Å²) in [5.74, 6) is -0.378. The lowest BCUT2D eigenvalue weighted by molar-refractivity contribution is -0.121. The highest BCUT2D eigenvalue weighted by Gasteiger charge is 2.23. The van der Waals surface area contributed by atoms with Gasteiger partial charge in [0.2, 0.25) is 15.9 Å². The first-order valence-corrected chi connectivity index (χ1v) is 10.1. The normalized spacial score (nSPS) is 11.7. The summed E-state index contributed by atoms with van der Waals surface area (Å²) >= 11 is 5.83. The summed E-state index contributed by atoms with van der Waals surface area (Å²) in [6.07, 6.45) is 0. The van der Waals surface area contributed by atoms with E-state index < -0.39 is 10.0 Å². The van der Waals surface area contributed by atoms with Crippen LogP contribution in [-0.4, -0.2) is 32.2 Å². The van der Waals surface area contributed by atoms with Gasteiger partial charge in [-0.05, 0) is 40.6 Å². The van der Waals surface area contributed by atoms with Gasteiger partial charge in [-0.15, -0.1) is 0 Å². The van der Waals surface area contributed by atoms with E-state index in [4.69, 9.17) is 11.6 Å². The van der Waals surface area contributed by atoms with Crippen LogP contribution in [0, 0.1) is 0 Å². The van der Waals surface area contributed by atoms with E-state index >= 15 is 0 Å². The van der Waals surface area contributed by atoms with Crippen molar-refractivity contribution in [2.45, 2.75) is 11.4 Å². The number of likely N-dealkylation sites (N-methyl/N-ethyl adjacent to an activating group) is 1. The largest absolute Gasteiger partial charge is 0.351 e. The number of sulfonamides is 1. The molecule has 0 aliphatic rings. The highest BCUT2D eigenvalue weighted by atomic mass is 35.5. The summed E-state index contributed by atoms with van der Waals surface area (Å²) in [7, 11) is -2.36. The molecule has 0 heterocycles. The van der Waals surface area contributed by atoms with Crippen LogP contribution in [0.1, 0.15) is 5.56 Å². The number of hydrogen-bond donors (Lipinski definition) is 1. The summed E-state index contributed by atoms with van der Waals surface area (Å²) in [5, 5.41) is 5.12. The Morgan fingerprint density at radius 1 is 1.00 bits per heavy atom. The predicted molar refractivity (Wildman–Crippen MR) is 107 cm³/mol. The number of fused-ring (bicyclic) bond motifs is 1. The second kappa shape index (κ2) is 8.08. The van der Waals surface area contributed by atoms with E-state index in [2.05, 4.69) is 5.32 Å². The smallest absolute Gasteiger partial charge is 0.243 e. The second-order valence-electron chi connectivity index (χ2n) is 6.17. The molecule has 3 aromatic rings. The molecule has 3 rings (SSSR count). The number of rotatable bonds is 6. The fourth-order valence-electron chi connectivity index (χ4n) is 2.65. The van der Waals surface area contributed by atoms with Crippen LogP contribution in [0.15, 0.2) is 71.6 Å². The number of halogens is 1. The molecule has 0 saturated heterocycles. The molecule has 0 aromatic heterocycles. The Hall–Kier alpha value is -2.41. The minimum absolute atomic E-state index is 0.161. The van der Waals surface area contributed by atoms with Crippen LogP contribution >= 0.6 is 11.6 Å². The van der Waals surface area contributed by atoms with Crippen LogP contribution in [-0.2, 0) is 21.4 Å². The fraction of sp³-hybridized carbons (Fsp3) is 0.150. The monoisotopic (exact) mass is 402 g/mol. The molecule has 0 fully saturated rings. The number of carbonyl (C=O) groups is 1. The average molecular weight is 403 g/mol. The van der Waals surface area contributed by atoms with Gasteiger partial charge in [-0.25, -0.2) is 8.42 Å². The quantitative estimate of drug-likeness (QED) is 0.686. The Balaban J connectivity index is 1.66. The third kappa shape index (κ3) is 4.66. The maximum absolute atomic E-state index is 12.8. The highest BCUT2D eigenvalue weighted by molar-refractivity contribution is 7.89. The van der Waals surface area contributed by atoms with Gasteiger partial charge < -0.3 is 5.32 Å². The van der Waals surface area contributed by atoms with Crippen molar-refractivity contribution in [2.75, 3.05) is 13.6 Å².